The number of carbonyl (C=O) groups is 4. The number of nitrogens with two attached hydrogens (primary N) is 8. The zero-order valence-electron chi connectivity index (χ0n) is 61.1. The zero-order valence-corrected chi connectivity index (χ0v) is 61.1. The lowest BCUT2D eigenvalue weighted by Gasteiger charge is -2.36. The average molecular weight is 1520 g/mol. The van der Waals surface area contributed by atoms with E-state index in [1.807, 2.05) is 0 Å². The highest BCUT2D eigenvalue weighted by atomic mass is 16.4. The summed E-state index contributed by atoms with van der Waals surface area (Å²) in [5, 5.41) is 116. The van der Waals surface area contributed by atoms with Crippen molar-refractivity contribution < 1.29 is 79.8 Å². The molecule has 0 radical (unpaired) electrons. The van der Waals surface area contributed by atoms with Crippen LogP contribution in [-0.4, -0.2) is 251 Å². The summed E-state index contributed by atoms with van der Waals surface area (Å²) in [5.74, 6) is -6.73. The minimum Gasteiger partial charge on any atom is -0.480 e. The van der Waals surface area contributed by atoms with Gasteiger partial charge >= 0.3 is 52.4 Å². The molecule has 10 rings (SSSR count). The predicted molar refractivity (Wildman–Crippen MR) is 406 cm³/mol. The van der Waals surface area contributed by atoms with Crippen molar-refractivity contribution in [2.75, 3.05) is 126 Å². The maximum absolute atomic E-state index is 12.3. The molecule has 4 aromatic carbocycles. The summed E-state index contributed by atoms with van der Waals surface area (Å²) < 4.78 is 0. The van der Waals surface area contributed by atoms with Gasteiger partial charge in [-0.2, -0.15) is 0 Å². The fourth-order valence-corrected chi connectivity index (χ4v) is 15.1. The summed E-state index contributed by atoms with van der Waals surface area (Å²) in [6, 6.07) is -0.658. The Bertz CT molecular complexity index is 4040. The van der Waals surface area contributed by atoms with E-state index in [0.29, 0.717) is 71.0 Å². The first-order chi connectivity index (χ1) is 50.2. The van der Waals surface area contributed by atoms with Gasteiger partial charge < -0.3 is 147 Å². The quantitative estimate of drug-likeness (QED) is 0.0150. The van der Waals surface area contributed by atoms with Crippen LogP contribution in [-0.2, 0) is 19.2 Å². The molecule has 12 atom stereocenters. The van der Waals surface area contributed by atoms with Crippen LogP contribution in [0.4, 0.5) is 45.5 Å². The molecule has 4 aliphatic heterocycles. The molecule has 596 valence electrons. The second kappa shape index (κ2) is 35.1. The summed E-state index contributed by atoms with van der Waals surface area (Å²) >= 11 is 0. The van der Waals surface area contributed by atoms with E-state index >= 15 is 0 Å². The second-order valence-corrected chi connectivity index (χ2v) is 30.5. The van der Waals surface area contributed by atoms with Crippen molar-refractivity contribution in [2.45, 2.75) is 168 Å². The third kappa shape index (κ3) is 18.8. The van der Waals surface area contributed by atoms with E-state index in [2.05, 4.69) is 10.6 Å². The Balaban J connectivity index is 0.000000201. The lowest BCUT2D eigenvalue weighted by Crippen LogP contribution is -2.55. The molecule has 2 aliphatic carbocycles. The molecule has 6 fully saturated rings. The number of rotatable bonds is 35. The number of hydrogen-bond acceptors (Lipinski definition) is 36. The van der Waals surface area contributed by atoms with Gasteiger partial charge in [-0.25, -0.2) is 0 Å². The number of carboxylic acids is 4. The second-order valence-electron chi connectivity index (χ2n) is 30.5. The average Bonchev–Trinajstić information content (AvgIpc) is 1.53. The lowest BCUT2D eigenvalue weighted by atomic mass is 9.78. The highest BCUT2D eigenvalue weighted by Crippen LogP contribution is 2.42. The van der Waals surface area contributed by atoms with Crippen molar-refractivity contribution in [1.29, 1.82) is 0 Å². The predicted octanol–water partition coefficient (Wildman–Crippen LogP) is -9.61. The van der Waals surface area contributed by atoms with Crippen LogP contribution in [0.3, 0.4) is 0 Å². The number of nitrogens with zero attached hydrogens (tertiary/aromatic N) is 6. The fourth-order valence-electron chi connectivity index (χ4n) is 15.1. The molecule has 6 aliphatic rings. The van der Waals surface area contributed by atoms with E-state index in [-0.39, 0.29) is 153 Å². The van der Waals surface area contributed by atoms with E-state index in [0.717, 1.165) is 25.7 Å². The third-order valence-electron chi connectivity index (χ3n) is 22.4. The summed E-state index contributed by atoms with van der Waals surface area (Å²) in [6.45, 7) is 5.11. The smallest absolute Gasteiger partial charge is 0.451 e. The largest absolute Gasteiger partial charge is 0.480 e. The molecule has 0 aromatic heterocycles. The Kier molecular flexibility index (Phi) is 28.4. The molecular weight excluding hydrogens is 1420 g/mol. The van der Waals surface area contributed by atoms with E-state index in [4.69, 9.17) is 86.1 Å². The van der Waals surface area contributed by atoms with Gasteiger partial charge in [0, 0.05) is 139 Å². The van der Waals surface area contributed by atoms with Gasteiger partial charge in [0.25, 0.3) is 43.4 Å². The van der Waals surface area contributed by atoms with Crippen LogP contribution >= 0.6 is 0 Å². The highest BCUT2D eigenvalue weighted by Gasteiger charge is 2.56. The molecule has 4 heterocycles. The van der Waals surface area contributed by atoms with Crippen LogP contribution in [0.15, 0.2) is 38.4 Å². The number of carboxylic acid groups (broad SMARTS) is 4. The Morgan fingerprint density at radius 2 is 0.787 bits per heavy atom. The summed E-state index contributed by atoms with van der Waals surface area (Å²) in [6.07, 6.45) is 6.77. The van der Waals surface area contributed by atoms with Gasteiger partial charge in [-0.1, -0.05) is 25.7 Å². The van der Waals surface area contributed by atoms with Crippen molar-refractivity contribution in [3.8, 4) is 0 Å². The van der Waals surface area contributed by atoms with Gasteiger partial charge in [0.1, 0.15) is 67.7 Å². The standard InChI is InChI=1S/C17H27BN4O6.C16H25BN4O6.C16H27BN4O6.C15H25BN4O6/c1-21(8-16(19)4-5-16)11-12(14(24)13(11)23)22-7-10(3-2-6-18(27)28)17(20,9-22)15(25)26;18-9-3-4-10(9)20-11-12(14(23)13(11)22)21-6-8(2-1-5-17(26)27)16(19,7-21)15(24)25;1-8(18)9(2)20-11-12(14(23)13(11)22)21-6-10(4-3-5-17(26)27)16(19,7-21)15(24)25;1-19(6-5-17)10-11(13(22)12(10)21)20-7-9(3-2-4-16(25)26)15(18,8-20)14(23)24/h10,27-28H,2-9,19-20H2,1H3,(H,25,26);8-10,20,26-27H,1-7,18-19H2,(H,24,25);8-10,20,26-27H,3-7,18-19H2,1-2H3,(H,24,25);9,25-26H,2-8,17-18H2,1H3,(H,23,24)/t10-,17-;8-,9?,10?,16-;8?,9?,10-,16-;9-,15-/m0000/s1. The van der Waals surface area contributed by atoms with E-state index in [9.17, 15) is 78.0 Å². The number of nitrogens with one attached hydrogen (secondary N) is 2. The SMILES string of the molecule is CC(N)C(C)Nc1c(N2C[C@H](CCCB(O)O)[C@](N)(C(=O)O)C2)c(=O)c1=O.CN(CC1(N)CC1)c1c(N2C[C@H](CCCB(O)O)[C@](N)(C(=O)O)C2)c(=O)c1=O.CN(CCN)c1c(N2C[C@H](CCCB(O)O)[C@](N)(C(=O)O)C2)c(=O)c1=O.NC1CCC1Nc1c(N2C[C@H](CCCB(O)O)[C@](N)(C(=O)O)C2)c(=O)c1=O. The molecular formula is C64H104B4N16O24. The maximum atomic E-state index is 12.3. The van der Waals surface area contributed by atoms with Gasteiger partial charge in [0.05, 0.1) is 0 Å². The topological polar surface area (TPSA) is 699 Å². The number of aliphatic carboxylic acids is 4. The molecule has 4 aromatic rings. The maximum Gasteiger partial charge on any atom is 0.451 e. The minimum atomic E-state index is -1.59. The van der Waals surface area contributed by atoms with Crippen LogP contribution in [0.2, 0.25) is 25.3 Å². The van der Waals surface area contributed by atoms with Crippen molar-refractivity contribution in [3.63, 3.8) is 0 Å². The molecule has 0 bridgehead atoms. The third-order valence-corrected chi connectivity index (χ3v) is 22.4. The molecule has 30 N–H and O–H groups in total. The molecule has 44 heteroatoms. The van der Waals surface area contributed by atoms with Gasteiger partial charge in [0.15, 0.2) is 0 Å². The Hall–Kier alpha value is -7.78. The molecule has 0 amide bonds. The Morgan fingerprint density at radius 3 is 1.06 bits per heavy atom. The van der Waals surface area contributed by atoms with Crippen LogP contribution in [0.25, 0.3) is 0 Å². The van der Waals surface area contributed by atoms with Crippen LogP contribution < -0.4 is 129 Å². The molecule has 0 spiro atoms. The Labute approximate surface area is 620 Å². The molecule has 2 saturated carbocycles. The normalized spacial score (nSPS) is 26.0. The molecule has 108 heavy (non-hydrogen) atoms. The Morgan fingerprint density at radius 1 is 0.481 bits per heavy atom. The summed E-state index contributed by atoms with van der Waals surface area (Å²) in [7, 11) is -2.51. The van der Waals surface area contributed by atoms with Crippen molar-refractivity contribution >= 4 is 97.8 Å². The van der Waals surface area contributed by atoms with Crippen LogP contribution in [0.1, 0.15) is 90.9 Å². The van der Waals surface area contributed by atoms with E-state index in [1.165, 1.54) is 4.90 Å². The van der Waals surface area contributed by atoms with Crippen LogP contribution in [0.5, 0.6) is 0 Å². The number of likely N-dealkylation sites (N-methyl/N-ethyl adjacent to an activating group) is 2. The first-order valence-electron chi connectivity index (χ1n) is 36.1. The molecule has 40 nitrogen and oxygen atoms in total. The van der Waals surface area contributed by atoms with E-state index in [1.54, 1.807) is 52.4 Å². The first kappa shape index (κ1) is 87.4. The minimum absolute atomic E-state index is 0.0707. The van der Waals surface area contributed by atoms with Gasteiger partial charge in [0.2, 0.25) is 0 Å². The zero-order chi connectivity index (χ0) is 80.9. The molecule has 4 saturated heterocycles. The first-order valence-corrected chi connectivity index (χ1v) is 36.1. The summed E-state index contributed by atoms with van der Waals surface area (Å²) in [4.78, 5) is 153. The van der Waals surface area contributed by atoms with Gasteiger partial charge in [-0.05, 0) is 90.5 Å². The lowest BCUT2D eigenvalue weighted by molar-refractivity contribution is -0.145. The van der Waals surface area contributed by atoms with Crippen LogP contribution in [0, 0.1) is 23.7 Å². The van der Waals surface area contributed by atoms with Gasteiger partial charge in [-0.15, -0.1) is 0 Å². The summed E-state index contributed by atoms with van der Waals surface area (Å²) in [5.41, 5.74) is 37.6. The molecule has 4 unspecified atom stereocenters. The van der Waals surface area contributed by atoms with Crippen molar-refractivity contribution in [2.24, 2.45) is 69.5 Å². The number of anilines is 8. The number of hydrogen-bond donors (Lipinski definition) is 22. The monoisotopic (exact) mass is 1520 g/mol. The van der Waals surface area contributed by atoms with Gasteiger partial charge in [-0.3, -0.25) is 57.5 Å². The fraction of sp³-hybridized carbons (Fsp3) is 0.688. The van der Waals surface area contributed by atoms with Crippen molar-refractivity contribution in [3.05, 3.63) is 81.8 Å². The van der Waals surface area contributed by atoms with E-state index < -0.39 is 142 Å². The highest BCUT2D eigenvalue weighted by molar-refractivity contribution is 6.41. The van der Waals surface area contributed by atoms with Crippen molar-refractivity contribution in [1.82, 2.24) is 0 Å².